The first-order valence-corrected chi connectivity index (χ1v) is 8.89. The van der Waals surface area contributed by atoms with E-state index in [1.165, 1.54) is 31.2 Å². The van der Waals surface area contributed by atoms with Crippen molar-refractivity contribution in [2.45, 2.75) is 84.0 Å². The van der Waals surface area contributed by atoms with Crippen LogP contribution in [-0.2, 0) is 11.2 Å². The molecule has 0 aliphatic rings. The highest BCUT2D eigenvalue weighted by molar-refractivity contribution is 5.74. The van der Waals surface area contributed by atoms with E-state index in [0.717, 1.165) is 32.0 Å². The Morgan fingerprint density at radius 2 is 1.74 bits per heavy atom. The maximum atomic E-state index is 10.7. The molecule has 1 N–H and O–H groups in total. The lowest BCUT2D eigenvalue weighted by Crippen LogP contribution is -2.30. The number of carbonyl (C=O) groups is 1. The molecule has 1 atom stereocenters. The molecular formula is C20H32O3. The van der Waals surface area contributed by atoms with E-state index in [2.05, 4.69) is 6.92 Å². The van der Waals surface area contributed by atoms with Crippen molar-refractivity contribution in [3.63, 3.8) is 0 Å². The van der Waals surface area contributed by atoms with Crippen LogP contribution < -0.4 is 0 Å². The van der Waals surface area contributed by atoms with E-state index in [0.29, 0.717) is 5.56 Å². The average Bonchev–Trinajstić information content (AvgIpc) is 2.51. The third-order valence-corrected chi connectivity index (χ3v) is 3.96. The van der Waals surface area contributed by atoms with Crippen LogP contribution in [0.2, 0.25) is 0 Å². The van der Waals surface area contributed by atoms with Gasteiger partial charge in [0.25, 0.3) is 0 Å². The summed E-state index contributed by atoms with van der Waals surface area (Å²) in [4.78, 5) is 10.7. The first-order chi connectivity index (χ1) is 10.9. The highest BCUT2D eigenvalue weighted by Crippen LogP contribution is 2.19. The van der Waals surface area contributed by atoms with Gasteiger partial charge < -0.3 is 9.84 Å². The maximum absolute atomic E-state index is 10.7. The lowest BCUT2D eigenvalue weighted by Gasteiger charge is -2.26. The quantitative estimate of drug-likeness (QED) is 0.338. The van der Waals surface area contributed by atoms with Gasteiger partial charge in [0.15, 0.2) is 5.79 Å². The predicted octanol–water partition coefficient (Wildman–Crippen LogP) is 4.91. The molecule has 1 rings (SSSR count). The van der Waals surface area contributed by atoms with Gasteiger partial charge >= 0.3 is 0 Å². The van der Waals surface area contributed by atoms with Crippen LogP contribution in [0.15, 0.2) is 24.3 Å². The molecule has 0 saturated carbocycles. The van der Waals surface area contributed by atoms with Crippen LogP contribution in [0.25, 0.3) is 0 Å². The fourth-order valence-corrected chi connectivity index (χ4v) is 2.74. The standard InChI is InChI=1S/C20H32O3/c1-4-5-6-7-8-9-19(23-20(2,3)22)15-14-17-10-12-18(16-21)13-11-17/h10-13,16,19,22H,4-9,14-15H2,1-3H3. The van der Waals surface area contributed by atoms with Crippen molar-refractivity contribution in [3.05, 3.63) is 35.4 Å². The number of rotatable bonds is 12. The summed E-state index contributed by atoms with van der Waals surface area (Å²) in [5.41, 5.74) is 1.90. The number of hydrogen-bond acceptors (Lipinski definition) is 3. The Balaban J connectivity index is 2.45. The summed E-state index contributed by atoms with van der Waals surface area (Å²) in [7, 11) is 0. The van der Waals surface area contributed by atoms with Crippen LogP contribution >= 0.6 is 0 Å². The van der Waals surface area contributed by atoms with E-state index < -0.39 is 5.79 Å². The van der Waals surface area contributed by atoms with Crippen LogP contribution in [-0.4, -0.2) is 23.3 Å². The van der Waals surface area contributed by atoms with Gasteiger partial charge in [-0.15, -0.1) is 0 Å². The minimum absolute atomic E-state index is 0.0716. The monoisotopic (exact) mass is 320 g/mol. The largest absolute Gasteiger partial charge is 0.366 e. The molecular weight excluding hydrogens is 288 g/mol. The minimum Gasteiger partial charge on any atom is -0.366 e. The summed E-state index contributed by atoms with van der Waals surface area (Å²) in [5, 5.41) is 9.93. The normalized spacial score (nSPS) is 13.0. The Morgan fingerprint density at radius 1 is 1.09 bits per heavy atom. The topological polar surface area (TPSA) is 46.5 Å². The molecule has 0 aliphatic carbocycles. The van der Waals surface area contributed by atoms with Crippen molar-refractivity contribution < 1.29 is 14.6 Å². The molecule has 0 aromatic heterocycles. The van der Waals surface area contributed by atoms with Gasteiger partial charge in [0, 0.05) is 5.56 Å². The lowest BCUT2D eigenvalue weighted by atomic mass is 10.0. The maximum Gasteiger partial charge on any atom is 0.160 e. The predicted molar refractivity (Wildman–Crippen MR) is 94.7 cm³/mol. The number of ether oxygens (including phenoxy) is 1. The van der Waals surface area contributed by atoms with Gasteiger partial charge in [0.2, 0.25) is 0 Å². The van der Waals surface area contributed by atoms with Crippen molar-refractivity contribution in [1.29, 1.82) is 0 Å². The Kier molecular flexibility index (Phi) is 9.12. The number of hydrogen-bond donors (Lipinski definition) is 1. The molecule has 1 aromatic carbocycles. The number of aldehydes is 1. The lowest BCUT2D eigenvalue weighted by molar-refractivity contribution is -0.208. The number of benzene rings is 1. The molecule has 0 spiro atoms. The van der Waals surface area contributed by atoms with Crippen molar-refractivity contribution in [1.82, 2.24) is 0 Å². The van der Waals surface area contributed by atoms with Crippen molar-refractivity contribution in [3.8, 4) is 0 Å². The van der Waals surface area contributed by atoms with E-state index in [9.17, 15) is 9.90 Å². The Morgan fingerprint density at radius 3 is 2.30 bits per heavy atom. The molecule has 3 heteroatoms. The highest BCUT2D eigenvalue weighted by Gasteiger charge is 2.20. The van der Waals surface area contributed by atoms with Gasteiger partial charge in [-0.25, -0.2) is 0 Å². The second-order valence-electron chi connectivity index (χ2n) is 6.79. The molecule has 0 radical (unpaired) electrons. The van der Waals surface area contributed by atoms with Crippen molar-refractivity contribution in [2.24, 2.45) is 0 Å². The van der Waals surface area contributed by atoms with E-state index in [-0.39, 0.29) is 6.10 Å². The second-order valence-corrected chi connectivity index (χ2v) is 6.79. The van der Waals surface area contributed by atoms with E-state index in [1.54, 1.807) is 13.8 Å². The molecule has 23 heavy (non-hydrogen) atoms. The van der Waals surface area contributed by atoms with Crippen LogP contribution in [0.5, 0.6) is 0 Å². The molecule has 1 aromatic rings. The van der Waals surface area contributed by atoms with Gasteiger partial charge in [0.1, 0.15) is 6.29 Å². The van der Waals surface area contributed by atoms with Gasteiger partial charge in [-0.2, -0.15) is 0 Å². The van der Waals surface area contributed by atoms with Crippen LogP contribution in [0.4, 0.5) is 0 Å². The first-order valence-electron chi connectivity index (χ1n) is 8.89. The minimum atomic E-state index is -1.09. The summed E-state index contributed by atoms with van der Waals surface area (Å²) in [5.74, 6) is -1.09. The van der Waals surface area contributed by atoms with Gasteiger partial charge in [-0.1, -0.05) is 63.3 Å². The van der Waals surface area contributed by atoms with Crippen molar-refractivity contribution >= 4 is 6.29 Å². The molecule has 130 valence electrons. The number of unbranched alkanes of at least 4 members (excludes halogenated alkanes) is 4. The van der Waals surface area contributed by atoms with Gasteiger partial charge in [-0.05, 0) is 38.7 Å². The summed E-state index contributed by atoms with van der Waals surface area (Å²) >= 11 is 0. The summed E-state index contributed by atoms with van der Waals surface area (Å²) < 4.78 is 5.81. The molecule has 0 aliphatic heterocycles. The molecule has 0 fully saturated rings. The van der Waals surface area contributed by atoms with E-state index in [1.807, 2.05) is 24.3 Å². The molecule has 1 unspecified atom stereocenters. The molecule has 3 nitrogen and oxygen atoms in total. The van der Waals surface area contributed by atoms with Gasteiger partial charge in [0.05, 0.1) is 6.10 Å². The molecule has 0 heterocycles. The zero-order valence-electron chi connectivity index (χ0n) is 14.9. The first kappa shape index (κ1) is 19.9. The van der Waals surface area contributed by atoms with E-state index in [4.69, 9.17) is 4.74 Å². The number of aliphatic hydroxyl groups is 1. The third kappa shape index (κ3) is 9.52. The molecule has 0 saturated heterocycles. The Bertz CT molecular complexity index is 431. The van der Waals surface area contributed by atoms with Crippen molar-refractivity contribution in [2.75, 3.05) is 0 Å². The summed E-state index contributed by atoms with van der Waals surface area (Å²) in [6.07, 6.45) is 9.90. The SMILES string of the molecule is CCCCCCCC(CCc1ccc(C=O)cc1)OC(C)(C)O. The van der Waals surface area contributed by atoms with Crippen LogP contribution in [0, 0.1) is 0 Å². The fraction of sp³-hybridized carbons (Fsp3) is 0.650. The van der Waals surface area contributed by atoms with Crippen LogP contribution in [0.1, 0.15) is 81.6 Å². The van der Waals surface area contributed by atoms with Gasteiger partial charge in [-0.3, -0.25) is 4.79 Å². The Hall–Kier alpha value is -1.19. The highest BCUT2D eigenvalue weighted by atomic mass is 16.6. The third-order valence-electron chi connectivity index (χ3n) is 3.96. The second kappa shape index (κ2) is 10.6. The summed E-state index contributed by atoms with van der Waals surface area (Å²) in [6.45, 7) is 5.60. The molecule has 0 bridgehead atoms. The zero-order chi connectivity index (χ0) is 17.1. The van der Waals surface area contributed by atoms with Crippen LogP contribution in [0.3, 0.4) is 0 Å². The summed E-state index contributed by atoms with van der Waals surface area (Å²) in [6, 6.07) is 7.68. The van der Waals surface area contributed by atoms with E-state index >= 15 is 0 Å². The Labute approximate surface area is 141 Å². The number of aryl methyl sites for hydroxylation is 1. The smallest absolute Gasteiger partial charge is 0.160 e. The average molecular weight is 320 g/mol. The number of carbonyl (C=O) groups excluding carboxylic acids is 1. The fourth-order valence-electron chi connectivity index (χ4n) is 2.74. The molecule has 0 amide bonds. The zero-order valence-corrected chi connectivity index (χ0v) is 14.9.